The first-order valence-electron chi connectivity index (χ1n) is 14.7. The molecular formula is C33H43N3O6S. The molecule has 43 heavy (non-hydrogen) atoms. The second-order valence-electron chi connectivity index (χ2n) is 9.77. The molecule has 0 bridgehead atoms. The molecule has 1 heterocycles. The van der Waals surface area contributed by atoms with Crippen LogP contribution in [0.4, 0.5) is 5.69 Å². The fourth-order valence-electron chi connectivity index (χ4n) is 5.07. The minimum absolute atomic E-state index is 0.170. The van der Waals surface area contributed by atoms with Crippen LogP contribution in [0.1, 0.15) is 65.6 Å². The van der Waals surface area contributed by atoms with E-state index in [1.165, 1.54) is 4.90 Å². The Bertz CT molecular complexity index is 1400. The van der Waals surface area contributed by atoms with Crippen molar-refractivity contribution in [3.05, 3.63) is 64.4 Å². The first kappa shape index (κ1) is 33.5. The van der Waals surface area contributed by atoms with Crippen LogP contribution in [-0.4, -0.2) is 61.9 Å². The average Bonchev–Trinajstić information content (AvgIpc) is 2.98. The number of carbonyl (C=O) groups excluding carboxylic acids is 2. The van der Waals surface area contributed by atoms with Crippen LogP contribution in [-0.2, 0) is 14.3 Å². The summed E-state index contributed by atoms with van der Waals surface area (Å²) in [6.45, 7) is 15.9. The van der Waals surface area contributed by atoms with Crippen molar-refractivity contribution in [2.75, 3.05) is 44.9 Å². The minimum atomic E-state index is -0.870. The lowest BCUT2D eigenvalue weighted by molar-refractivity contribution is -0.139. The minimum Gasteiger partial charge on any atom is -0.496 e. The number of rotatable bonds is 13. The molecule has 0 radical (unpaired) electrons. The van der Waals surface area contributed by atoms with Crippen molar-refractivity contribution in [3.8, 4) is 17.2 Å². The summed E-state index contributed by atoms with van der Waals surface area (Å²) in [5.41, 5.74) is 3.60. The Kier molecular flexibility index (Phi) is 12.0. The van der Waals surface area contributed by atoms with Gasteiger partial charge in [0.1, 0.15) is 5.75 Å². The maximum Gasteiger partial charge on any atom is 0.338 e. The van der Waals surface area contributed by atoms with Gasteiger partial charge in [0.25, 0.3) is 5.91 Å². The van der Waals surface area contributed by atoms with Gasteiger partial charge in [-0.2, -0.15) is 0 Å². The molecule has 2 aromatic carbocycles. The van der Waals surface area contributed by atoms with Gasteiger partial charge in [0, 0.05) is 41.7 Å². The van der Waals surface area contributed by atoms with Crippen LogP contribution in [0.15, 0.2) is 53.2 Å². The molecule has 1 N–H and O–H groups in total. The molecule has 1 atom stereocenters. The number of allylic oxidation sites excluding steroid dienone is 1. The van der Waals surface area contributed by atoms with E-state index in [2.05, 4.69) is 24.1 Å². The Morgan fingerprint density at radius 3 is 2.23 bits per heavy atom. The van der Waals surface area contributed by atoms with Gasteiger partial charge in [-0.1, -0.05) is 6.07 Å². The highest BCUT2D eigenvalue weighted by atomic mass is 32.1. The highest BCUT2D eigenvalue weighted by Crippen LogP contribution is 2.40. The van der Waals surface area contributed by atoms with Gasteiger partial charge in [-0.3, -0.25) is 9.69 Å². The number of ether oxygens (including phenoxy) is 4. The maximum absolute atomic E-state index is 14.2. The number of amides is 1. The molecule has 0 aromatic heterocycles. The number of nitrogens with zero attached hydrogens (tertiary/aromatic N) is 2. The maximum atomic E-state index is 14.2. The van der Waals surface area contributed by atoms with Gasteiger partial charge < -0.3 is 29.2 Å². The largest absolute Gasteiger partial charge is 0.496 e. The van der Waals surface area contributed by atoms with Crippen LogP contribution in [0.5, 0.6) is 17.2 Å². The van der Waals surface area contributed by atoms with Gasteiger partial charge in [-0.05, 0) is 96.6 Å². The fourth-order valence-corrected chi connectivity index (χ4v) is 5.41. The summed E-state index contributed by atoms with van der Waals surface area (Å²) in [5, 5.41) is 3.22. The molecule has 1 aliphatic heterocycles. The molecule has 232 valence electrons. The molecule has 0 saturated carbocycles. The molecule has 10 heteroatoms. The average molecular weight is 610 g/mol. The van der Waals surface area contributed by atoms with Crippen LogP contribution in [0.3, 0.4) is 0 Å². The topological polar surface area (TPSA) is 89.6 Å². The highest BCUT2D eigenvalue weighted by Gasteiger charge is 2.41. The Morgan fingerprint density at radius 2 is 1.63 bits per heavy atom. The fraction of sp³-hybridized carbons (Fsp3) is 0.424. The lowest BCUT2D eigenvalue weighted by Gasteiger charge is -2.38. The Balaban J connectivity index is 2.15. The summed E-state index contributed by atoms with van der Waals surface area (Å²) in [6.07, 6.45) is 1.77. The molecule has 9 nitrogen and oxygen atoms in total. The van der Waals surface area contributed by atoms with E-state index in [0.29, 0.717) is 47.3 Å². The molecule has 0 fully saturated rings. The molecule has 1 unspecified atom stereocenters. The quantitative estimate of drug-likeness (QED) is 0.166. The van der Waals surface area contributed by atoms with Crippen molar-refractivity contribution in [1.29, 1.82) is 0 Å². The van der Waals surface area contributed by atoms with E-state index in [0.717, 1.165) is 24.3 Å². The summed E-state index contributed by atoms with van der Waals surface area (Å²) in [5.74, 6) is 0.795. The third-order valence-corrected chi connectivity index (χ3v) is 7.40. The summed E-state index contributed by atoms with van der Waals surface area (Å²) < 4.78 is 22.7. The Labute approximate surface area is 260 Å². The zero-order chi connectivity index (χ0) is 31.7. The van der Waals surface area contributed by atoms with E-state index < -0.39 is 12.0 Å². The molecule has 0 aliphatic carbocycles. The molecule has 1 amide bonds. The van der Waals surface area contributed by atoms with Gasteiger partial charge in [-0.15, -0.1) is 0 Å². The van der Waals surface area contributed by atoms with Crippen LogP contribution in [0.2, 0.25) is 0 Å². The van der Waals surface area contributed by atoms with Gasteiger partial charge >= 0.3 is 5.97 Å². The van der Waals surface area contributed by atoms with E-state index >= 15 is 0 Å². The first-order chi connectivity index (χ1) is 20.6. The standard InChI is InChI=1S/C33H43N3O6S/c1-9-35(10-2)25-16-14-23(27(20-25)39-8)18-21(6)31(37)36-30(29(32(38)42-13-5)22(7)34-33(36)43)24-15-17-26(40-11-3)28(19-24)41-12-4/h14-20,30H,9-13H2,1-8H3,(H,34,43)/b21-18+. The zero-order valence-corrected chi connectivity index (χ0v) is 27.2. The summed E-state index contributed by atoms with van der Waals surface area (Å²) in [6, 6.07) is 10.4. The number of esters is 1. The van der Waals surface area contributed by atoms with Crippen molar-refractivity contribution in [2.24, 2.45) is 0 Å². The molecule has 1 aliphatic rings. The number of carbonyl (C=O) groups is 2. The highest BCUT2D eigenvalue weighted by molar-refractivity contribution is 7.80. The number of benzene rings is 2. The second-order valence-corrected chi connectivity index (χ2v) is 10.2. The van der Waals surface area contributed by atoms with Gasteiger partial charge in [0.2, 0.25) is 0 Å². The number of methoxy groups -OCH3 is 1. The molecule has 0 spiro atoms. The van der Waals surface area contributed by atoms with Crippen molar-refractivity contribution in [3.63, 3.8) is 0 Å². The van der Waals surface area contributed by atoms with E-state index in [1.807, 2.05) is 38.1 Å². The predicted octanol–water partition coefficient (Wildman–Crippen LogP) is 6.04. The Hall–Kier alpha value is -4.05. The predicted molar refractivity (Wildman–Crippen MR) is 174 cm³/mol. The zero-order valence-electron chi connectivity index (χ0n) is 26.4. The monoisotopic (exact) mass is 609 g/mol. The number of nitrogens with one attached hydrogen (secondary N) is 1. The van der Waals surface area contributed by atoms with E-state index in [4.69, 9.17) is 31.2 Å². The number of thiocarbonyl (C=S) groups is 1. The molecule has 0 saturated heterocycles. The van der Waals surface area contributed by atoms with Gasteiger partial charge in [-0.25, -0.2) is 4.79 Å². The third kappa shape index (κ3) is 7.48. The first-order valence-corrected chi connectivity index (χ1v) is 15.1. The summed E-state index contributed by atoms with van der Waals surface area (Å²) >= 11 is 5.71. The number of anilines is 1. The van der Waals surface area contributed by atoms with Crippen molar-refractivity contribution < 1.29 is 28.5 Å². The third-order valence-electron chi connectivity index (χ3n) is 7.10. The van der Waals surface area contributed by atoms with Crippen molar-refractivity contribution in [1.82, 2.24) is 10.2 Å². The van der Waals surface area contributed by atoms with Crippen molar-refractivity contribution >= 4 is 41.0 Å². The normalized spacial score (nSPS) is 15.2. The van der Waals surface area contributed by atoms with Gasteiger partial charge in [0.15, 0.2) is 16.6 Å². The van der Waals surface area contributed by atoms with Crippen LogP contribution < -0.4 is 24.4 Å². The lowest BCUT2D eigenvalue weighted by Crippen LogP contribution is -2.51. The molecular weight excluding hydrogens is 566 g/mol. The summed E-state index contributed by atoms with van der Waals surface area (Å²) in [4.78, 5) is 31.2. The van der Waals surface area contributed by atoms with E-state index in [-0.39, 0.29) is 23.2 Å². The number of hydrogen-bond acceptors (Lipinski definition) is 8. The lowest BCUT2D eigenvalue weighted by atomic mass is 9.92. The Morgan fingerprint density at radius 1 is 0.953 bits per heavy atom. The van der Waals surface area contributed by atoms with E-state index in [1.54, 1.807) is 46.1 Å². The van der Waals surface area contributed by atoms with Crippen LogP contribution in [0.25, 0.3) is 6.08 Å². The smallest absolute Gasteiger partial charge is 0.338 e. The summed E-state index contributed by atoms with van der Waals surface area (Å²) in [7, 11) is 1.61. The number of hydrogen-bond donors (Lipinski definition) is 1. The second kappa shape index (κ2) is 15.4. The molecule has 2 aromatic rings. The van der Waals surface area contributed by atoms with Crippen molar-refractivity contribution in [2.45, 2.75) is 54.5 Å². The van der Waals surface area contributed by atoms with Crippen LogP contribution in [0, 0.1) is 0 Å². The van der Waals surface area contributed by atoms with Crippen LogP contribution >= 0.6 is 12.2 Å². The SMILES string of the molecule is CCOC(=O)C1=C(C)NC(=S)N(C(=O)/C(C)=C/c2ccc(N(CC)CC)cc2OC)C1c1ccc(OCC)c(OCC)c1. The molecule has 3 rings (SSSR count). The van der Waals surface area contributed by atoms with Gasteiger partial charge in [0.05, 0.1) is 38.5 Å². The van der Waals surface area contributed by atoms with E-state index in [9.17, 15) is 9.59 Å².